The largest absolute Gasteiger partial charge is 0.456 e. The second kappa shape index (κ2) is 15.5. The van der Waals surface area contributed by atoms with Gasteiger partial charge in [0.25, 0.3) is 6.71 Å². The summed E-state index contributed by atoms with van der Waals surface area (Å²) in [5, 5.41) is 2.25. The van der Waals surface area contributed by atoms with Gasteiger partial charge in [-0.05, 0) is 164 Å². The summed E-state index contributed by atoms with van der Waals surface area (Å²) in [6.07, 6.45) is 2.31. The van der Waals surface area contributed by atoms with Gasteiger partial charge < -0.3 is 14.2 Å². The first-order chi connectivity index (χ1) is 35.5. The minimum Gasteiger partial charge on any atom is -0.456 e. The highest BCUT2D eigenvalue weighted by Crippen LogP contribution is 2.56. The molecule has 0 N–H and O–H groups in total. The van der Waals surface area contributed by atoms with Gasteiger partial charge in [0.05, 0.1) is 5.69 Å². The Kier molecular flexibility index (Phi) is 9.44. The zero-order valence-electron chi connectivity index (χ0n) is 44.5. The SMILES string of the molecule is Cc1ccccc1-c1cc2c3c(c1)N(c1ccccc1-c1ccccc1)c1cc4c(cc1B3c1cc3c(cc1N2c1cc2c(cc1C)C(C)(C)CCC2(C)C)C(C)(C)c1ccccc1C3(C)C)oc1ccccc14. The molecule has 74 heavy (non-hydrogen) atoms. The second-order valence-corrected chi connectivity index (χ2v) is 24.4. The average molecular weight is 959 g/mol. The van der Waals surface area contributed by atoms with Gasteiger partial charge in [-0.2, -0.15) is 0 Å². The van der Waals surface area contributed by atoms with Crippen LogP contribution in [0.25, 0.3) is 44.2 Å². The Bertz CT molecular complexity index is 4020. The van der Waals surface area contributed by atoms with Gasteiger partial charge in [0.15, 0.2) is 0 Å². The van der Waals surface area contributed by atoms with Crippen LogP contribution in [0.4, 0.5) is 34.1 Å². The summed E-state index contributed by atoms with van der Waals surface area (Å²) in [5.74, 6) is 0. The Morgan fingerprint density at radius 3 is 1.62 bits per heavy atom. The lowest BCUT2D eigenvalue weighted by molar-refractivity contribution is 0.332. The van der Waals surface area contributed by atoms with Gasteiger partial charge in [-0.3, -0.25) is 0 Å². The highest BCUT2D eigenvalue weighted by Gasteiger charge is 2.49. The predicted octanol–water partition coefficient (Wildman–Crippen LogP) is 16.9. The van der Waals surface area contributed by atoms with Gasteiger partial charge >= 0.3 is 0 Å². The first kappa shape index (κ1) is 45.1. The molecule has 0 bridgehead atoms. The predicted molar refractivity (Wildman–Crippen MR) is 314 cm³/mol. The van der Waals surface area contributed by atoms with Crippen molar-refractivity contribution < 1.29 is 4.42 Å². The van der Waals surface area contributed by atoms with Crippen molar-refractivity contribution in [3.63, 3.8) is 0 Å². The number of furan rings is 1. The molecule has 2 aliphatic heterocycles. The number of nitrogens with zero attached hydrogens (tertiary/aromatic N) is 2. The fraction of sp³-hybridized carbons (Fsp3) is 0.229. The number of aryl methyl sites for hydroxylation is 2. The molecule has 0 spiro atoms. The van der Waals surface area contributed by atoms with Gasteiger partial charge in [0, 0.05) is 55.6 Å². The third-order valence-electron chi connectivity index (χ3n) is 18.4. The Labute approximate surface area is 437 Å². The number of hydrogen-bond acceptors (Lipinski definition) is 3. The van der Waals surface area contributed by atoms with Crippen molar-refractivity contribution in [2.75, 3.05) is 9.80 Å². The molecule has 0 radical (unpaired) electrons. The van der Waals surface area contributed by atoms with Crippen LogP contribution < -0.4 is 26.2 Å². The molecule has 0 atom stereocenters. The highest BCUT2D eigenvalue weighted by atomic mass is 16.3. The Morgan fingerprint density at radius 1 is 0.378 bits per heavy atom. The molecule has 4 heteroatoms. The van der Waals surface area contributed by atoms with Crippen LogP contribution in [-0.4, -0.2) is 6.71 Å². The molecule has 4 aliphatic rings. The monoisotopic (exact) mass is 959 g/mol. The molecule has 1 aromatic heterocycles. The van der Waals surface area contributed by atoms with Gasteiger partial charge in [0.1, 0.15) is 11.2 Å². The molecule has 362 valence electrons. The molecule has 0 saturated heterocycles. The maximum atomic E-state index is 6.92. The van der Waals surface area contributed by atoms with Crippen LogP contribution >= 0.6 is 0 Å². The van der Waals surface area contributed by atoms with Crippen molar-refractivity contribution in [3.8, 4) is 22.3 Å². The standard InChI is InChI=1S/C70H63BN2O/c1-42-22-14-15-25-46(42)45-35-62-66-63(36-45)73(59-39-53-52(34-43(59)2)67(3,4)32-33-68(53,5)6)61-40-55-54(69(7,8)50-28-18-19-29-51(50)70(55,9)10)38-56(61)71(66)57-41-65-49(48-27-17-21-31-64(48)74-65)37-60(57)72(62)58-30-20-16-26-47(58)44-23-12-11-13-24-44/h11-31,34-41H,32-33H2,1-10H3. The molecule has 0 amide bonds. The van der Waals surface area contributed by atoms with Crippen molar-refractivity contribution >= 4 is 79.2 Å². The third kappa shape index (κ3) is 6.27. The number of anilines is 6. The Balaban J connectivity index is 1.17. The van der Waals surface area contributed by atoms with E-state index in [4.69, 9.17) is 4.42 Å². The first-order valence-electron chi connectivity index (χ1n) is 26.9. The lowest BCUT2D eigenvalue weighted by Crippen LogP contribution is -2.62. The van der Waals surface area contributed by atoms with Crippen molar-refractivity contribution in [2.45, 2.75) is 104 Å². The Hall–Kier alpha value is -7.56. The van der Waals surface area contributed by atoms with Crippen LogP contribution in [0.1, 0.15) is 113 Å². The second-order valence-electron chi connectivity index (χ2n) is 24.4. The summed E-state index contributed by atoms with van der Waals surface area (Å²) in [6.45, 7) is 24.2. The van der Waals surface area contributed by atoms with Crippen LogP contribution in [0.15, 0.2) is 180 Å². The number of hydrogen-bond donors (Lipinski definition) is 0. The molecule has 0 fully saturated rings. The normalized spacial score (nSPS) is 17.0. The van der Waals surface area contributed by atoms with E-state index in [2.05, 4.69) is 255 Å². The molecule has 0 unspecified atom stereocenters. The minimum absolute atomic E-state index is 0.0112. The molecule has 14 rings (SSSR count). The summed E-state index contributed by atoms with van der Waals surface area (Å²) < 4.78 is 6.92. The Morgan fingerprint density at radius 2 is 0.919 bits per heavy atom. The van der Waals surface area contributed by atoms with E-state index in [9.17, 15) is 0 Å². The smallest absolute Gasteiger partial charge is 0.252 e. The topological polar surface area (TPSA) is 19.6 Å². The zero-order chi connectivity index (χ0) is 50.8. The summed E-state index contributed by atoms with van der Waals surface area (Å²) >= 11 is 0. The van der Waals surface area contributed by atoms with Gasteiger partial charge in [-0.1, -0.05) is 183 Å². The van der Waals surface area contributed by atoms with Crippen molar-refractivity contribution in [3.05, 3.63) is 220 Å². The lowest BCUT2D eigenvalue weighted by Gasteiger charge is -2.49. The summed E-state index contributed by atoms with van der Waals surface area (Å²) in [5.41, 5.74) is 28.4. The van der Waals surface area contributed by atoms with Crippen LogP contribution in [-0.2, 0) is 21.7 Å². The lowest BCUT2D eigenvalue weighted by atomic mass is 9.33. The van der Waals surface area contributed by atoms with E-state index in [0.29, 0.717) is 0 Å². The molecule has 9 aromatic carbocycles. The number of fused-ring (bicyclic) bond motifs is 10. The van der Waals surface area contributed by atoms with E-state index in [-0.39, 0.29) is 28.4 Å². The van der Waals surface area contributed by atoms with Gasteiger partial charge in [-0.25, -0.2) is 0 Å². The van der Waals surface area contributed by atoms with E-state index < -0.39 is 0 Å². The minimum atomic E-state index is -0.254. The summed E-state index contributed by atoms with van der Waals surface area (Å²) in [7, 11) is 0. The highest BCUT2D eigenvalue weighted by molar-refractivity contribution is 7.00. The molecule has 10 aromatic rings. The molecular formula is C70H63BN2O. The molecule has 2 aliphatic carbocycles. The zero-order valence-corrected chi connectivity index (χ0v) is 44.5. The maximum Gasteiger partial charge on any atom is 0.252 e. The van der Waals surface area contributed by atoms with E-state index in [0.717, 1.165) is 34.0 Å². The molecule has 0 saturated carbocycles. The maximum absolute atomic E-state index is 6.92. The average Bonchev–Trinajstić information content (AvgIpc) is 3.79. The van der Waals surface area contributed by atoms with Crippen LogP contribution in [0.3, 0.4) is 0 Å². The van der Waals surface area contributed by atoms with Gasteiger partial charge in [0.2, 0.25) is 0 Å². The first-order valence-corrected chi connectivity index (χ1v) is 26.9. The van der Waals surface area contributed by atoms with E-state index in [1.54, 1.807) is 0 Å². The van der Waals surface area contributed by atoms with E-state index in [1.807, 2.05) is 0 Å². The quantitative estimate of drug-likeness (QED) is 0.164. The van der Waals surface area contributed by atoms with Crippen molar-refractivity contribution in [2.24, 2.45) is 0 Å². The number of rotatable bonds is 4. The molecular weight excluding hydrogens is 896 g/mol. The van der Waals surface area contributed by atoms with Crippen LogP contribution in [0.2, 0.25) is 0 Å². The van der Waals surface area contributed by atoms with Crippen LogP contribution in [0.5, 0.6) is 0 Å². The van der Waals surface area contributed by atoms with Gasteiger partial charge in [-0.15, -0.1) is 0 Å². The van der Waals surface area contributed by atoms with Crippen molar-refractivity contribution in [1.29, 1.82) is 0 Å². The molecule has 3 nitrogen and oxygen atoms in total. The van der Waals surface area contributed by atoms with Crippen LogP contribution in [0, 0.1) is 13.8 Å². The number of benzene rings is 9. The fourth-order valence-corrected chi connectivity index (χ4v) is 14.2. The fourth-order valence-electron chi connectivity index (χ4n) is 14.2. The summed E-state index contributed by atoms with van der Waals surface area (Å²) in [6, 6.07) is 67.1. The number of para-hydroxylation sites is 2. The van der Waals surface area contributed by atoms with E-state index in [1.165, 1.54) is 118 Å². The third-order valence-corrected chi connectivity index (χ3v) is 18.4. The van der Waals surface area contributed by atoms with Crippen molar-refractivity contribution in [1.82, 2.24) is 0 Å². The summed E-state index contributed by atoms with van der Waals surface area (Å²) in [4.78, 5) is 5.34. The van der Waals surface area contributed by atoms with E-state index >= 15 is 0 Å². The molecule has 3 heterocycles.